The molecule has 4 heterocycles. The van der Waals surface area contributed by atoms with Crippen molar-refractivity contribution in [2.24, 2.45) is 0 Å². The predicted octanol–water partition coefficient (Wildman–Crippen LogP) is 4.57. The lowest BCUT2D eigenvalue weighted by atomic mass is 10.0. The Bertz CT molecular complexity index is 1410. The molecule has 3 aromatic heterocycles. The number of tetrazole rings is 1. The number of fused-ring (bicyclic) bond motifs is 2. The highest BCUT2D eigenvalue weighted by molar-refractivity contribution is 5.83. The molecular weight excluding hydrogens is 472 g/mol. The minimum absolute atomic E-state index is 0.119. The molecule has 1 N–H and O–H groups in total. The van der Waals surface area contributed by atoms with Gasteiger partial charge in [-0.3, -0.25) is 9.69 Å². The number of rotatable bonds is 10. The van der Waals surface area contributed by atoms with Gasteiger partial charge in [0.05, 0.1) is 29.9 Å². The van der Waals surface area contributed by atoms with E-state index in [1.807, 2.05) is 35.0 Å². The van der Waals surface area contributed by atoms with Gasteiger partial charge in [0, 0.05) is 23.6 Å². The van der Waals surface area contributed by atoms with Gasteiger partial charge in [-0.1, -0.05) is 20.3 Å². The predicted molar refractivity (Wildman–Crippen MR) is 139 cm³/mol. The summed E-state index contributed by atoms with van der Waals surface area (Å²) in [5.41, 5.74) is 0.972. The number of nitrogens with one attached hydrogen (secondary N) is 1. The largest absolute Gasteiger partial charge is 0.486 e. The average Bonchev–Trinajstić information content (AvgIpc) is 3.59. The van der Waals surface area contributed by atoms with Crippen molar-refractivity contribution in [3.8, 4) is 11.5 Å². The normalized spacial score (nSPS) is 14.4. The van der Waals surface area contributed by atoms with E-state index in [4.69, 9.17) is 13.9 Å². The number of H-pyrrole nitrogens is 1. The van der Waals surface area contributed by atoms with Gasteiger partial charge in [0.1, 0.15) is 19.0 Å². The fourth-order valence-electron chi connectivity index (χ4n) is 4.73. The third-order valence-corrected chi connectivity index (χ3v) is 7.13. The van der Waals surface area contributed by atoms with Crippen molar-refractivity contribution in [1.29, 1.82) is 0 Å². The minimum Gasteiger partial charge on any atom is -0.486 e. The molecule has 1 aliphatic heterocycles. The molecule has 10 nitrogen and oxygen atoms in total. The Morgan fingerprint density at radius 2 is 1.92 bits per heavy atom. The number of pyridine rings is 1. The van der Waals surface area contributed by atoms with Crippen LogP contribution in [0.4, 0.5) is 0 Å². The second kappa shape index (κ2) is 10.4. The molecule has 1 aliphatic rings. The molecule has 0 amide bonds. The van der Waals surface area contributed by atoms with Gasteiger partial charge in [0.25, 0.3) is 5.56 Å². The van der Waals surface area contributed by atoms with Crippen molar-refractivity contribution < 1.29 is 13.9 Å². The Hall–Kier alpha value is -3.66. The van der Waals surface area contributed by atoms with E-state index in [9.17, 15) is 4.79 Å². The van der Waals surface area contributed by atoms with E-state index in [0.29, 0.717) is 48.9 Å². The van der Waals surface area contributed by atoms with Gasteiger partial charge in [-0.25, -0.2) is 4.68 Å². The second-order valence-corrected chi connectivity index (χ2v) is 10.1. The standard InChI is InChI=1S/C27H34N6O4/c1-5-8-22(25-29-30-31-33(25)27(3,4)6-2)32(17-20-9-7-10-35-20)16-19-13-18-14-23-24(37-12-11-36-23)15-21(18)28-26(19)34/h7,9-10,13-15,22H,5-6,8,11-12,16-17H2,1-4H3,(H,28,34). The Morgan fingerprint density at radius 1 is 1.14 bits per heavy atom. The monoisotopic (exact) mass is 506 g/mol. The fraction of sp³-hybridized carbons (Fsp3) is 0.481. The smallest absolute Gasteiger partial charge is 0.252 e. The molecular formula is C27H34N6O4. The number of hydrogen-bond acceptors (Lipinski definition) is 8. The molecule has 0 radical (unpaired) electrons. The van der Waals surface area contributed by atoms with Gasteiger partial charge in [0.2, 0.25) is 0 Å². The van der Waals surface area contributed by atoms with Crippen LogP contribution in [0.5, 0.6) is 11.5 Å². The van der Waals surface area contributed by atoms with Crippen molar-refractivity contribution in [3.05, 3.63) is 64.1 Å². The van der Waals surface area contributed by atoms with E-state index >= 15 is 0 Å². The Morgan fingerprint density at radius 3 is 2.62 bits per heavy atom. The van der Waals surface area contributed by atoms with Gasteiger partial charge in [-0.05, 0) is 61.4 Å². The molecule has 0 saturated heterocycles. The maximum atomic E-state index is 13.3. The van der Waals surface area contributed by atoms with Crippen LogP contribution in [0.1, 0.15) is 70.1 Å². The van der Waals surface area contributed by atoms with E-state index in [1.165, 1.54) is 0 Å². The lowest BCUT2D eigenvalue weighted by Crippen LogP contribution is -2.36. The van der Waals surface area contributed by atoms with Crippen LogP contribution in [-0.4, -0.2) is 43.3 Å². The summed E-state index contributed by atoms with van der Waals surface area (Å²) in [6.07, 6.45) is 4.30. The van der Waals surface area contributed by atoms with Crippen LogP contribution in [-0.2, 0) is 18.6 Å². The molecule has 10 heteroatoms. The molecule has 196 valence electrons. The molecule has 0 saturated carbocycles. The highest BCUT2D eigenvalue weighted by atomic mass is 16.6. The number of nitrogens with zero attached hydrogens (tertiary/aromatic N) is 5. The van der Waals surface area contributed by atoms with Crippen molar-refractivity contribution in [2.45, 2.75) is 71.6 Å². The van der Waals surface area contributed by atoms with Gasteiger partial charge >= 0.3 is 0 Å². The van der Waals surface area contributed by atoms with Crippen molar-refractivity contribution >= 4 is 10.9 Å². The number of aromatic amines is 1. The molecule has 0 bridgehead atoms. The molecule has 0 spiro atoms. The van der Waals surface area contributed by atoms with E-state index < -0.39 is 0 Å². The minimum atomic E-state index is -0.247. The van der Waals surface area contributed by atoms with Crippen LogP contribution in [0.2, 0.25) is 0 Å². The summed E-state index contributed by atoms with van der Waals surface area (Å²) >= 11 is 0. The third-order valence-electron chi connectivity index (χ3n) is 7.13. The first-order valence-corrected chi connectivity index (χ1v) is 12.9. The summed E-state index contributed by atoms with van der Waals surface area (Å²) < 4.78 is 19.1. The molecule has 4 aromatic rings. The van der Waals surface area contributed by atoms with E-state index in [-0.39, 0.29) is 17.1 Å². The van der Waals surface area contributed by atoms with Crippen LogP contribution in [0.15, 0.2) is 45.8 Å². The zero-order chi connectivity index (χ0) is 26.0. The number of ether oxygens (including phenoxy) is 2. The van der Waals surface area contributed by atoms with E-state index in [2.05, 4.69) is 53.1 Å². The van der Waals surface area contributed by atoms with Crippen molar-refractivity contribution in [2.75, 3.05) is 13.2 Å². The fourth-order valence-corrected chi connectivity index (χ4v) is 4.73. The summed E-state index contributed by atoms with van der Waals surface area (Å²) in [5, 5.41) is 13.8. The first kappa shape index (κ1) is 25.0. The summed E-state index contributed by atoms with van der Waals surface area (Å²) in [6.45, 7) is 10.4. The third kappa shape index (κ3) is 5.11. The van der Waals surface area contributed by atoms with Crippen molar-refractivity contribution in [3.63, 3.8) is 0 Å². The highest BCUT2D eigenvalue weighted by Crippen LogP contribution is 2.35. The SMILES string of the molecule is CCCC(c1nnnn1C(C)(C)CC)N(Cc1ccco1)Cc1cc2cc3c(cc2[nH]c1=O)OCCO3. The summed E-state index contributed by atoms with van der Waals surface area (Å²) in [5.74, 6) is 2.94. The van der Waals surface area contributed by atoms with Crippen LogP contribution >= 0.6 is 0 Å². The number of benzene rings is 1. The van der Waals surface area contributed by atoms with E-state index in [1.54, 1.807) is 6.26 Å². The first-order valence-electron chi connectivity index (χ1n) is 12.9. The summed E-state index contributed by atoms with van der Waals surface area (Å²) in [6, 6.07) is 9.39. The van der Waals surface area contributed by atoms with Crippen LogP contribution in [0, 0.1) is 0 Å². The molecule has 0 fully saturated rings. The summed E-state index contributed by atoms with van der Waals surface area (Å²) in [4.78, 5) is 18.5. The van der Waals surface area contributed by atoms with E-state index in [0.717, 1.165) is 36.2 Å². The van der Waals surface area contributed by atoms with Crippen LogP contribution in [0.3, 0.4) is 0 Å². The highest BCUT2D eigenvalue weighted by Gasteiger charge is 2.32. The van der Waals surface area contributed by atoms with Crippen molar-refractivity contribution in [1.82, 2.24) is 30.1 Å². The first-order chi connectivity index (χ1) is 17.9. The number of furan rings is 1. The zero-order valence-electron chi connectivity index (χ0n) is 21.9. The molecule has 37 heavy (non-hydrogen) atoms. The molecule has 1 atom stereocenters. The number of aromatic nitrogens is 5. The maximum absolute atomic E-state index is 13.3. The van der Waals surface area contributed by atoms with Crippen LogP contribution in [0.25, 0.3) is 10.9 Å². The quantitative estimate of drug-likeness (QED) is 0.333. The van der Waals surface area contributed by atoms with Gasteiger partial charge in [0.15, 0.2) is 17.3 Å². The lowest BCUT2D eigenvalue weighted by Gasteiger charge is -2.33. The topological polar surface area (TPSA) is 111 Å². The molecule has 0 aliphatic carbocycles. The Labute approximate surface area is 215 Å². The lowest BCUT2D eigenvalue weighted by molar-refractivity contribution is 0.135. The van der Waals surface area contributed by atoms with Gasteiger partial charge in [-0.15, -0.1) is 5.10 Å². The van der Waals surface area contributed by atoms with Gasteiger partial charge < -0.3 is 18.9 Å². The average molecular weight is 507 g/mol. The molecule has 5 rings (SSSR count). The van der Waals surface area contributed by atoms with Gasteiger partial charge in [-0.2, -0.15) is 0 Å². The molecule has 1 aromatic carbocycles. The van der Waals surface area contributed by atoms with Crippen LogP contribution < -0.4 is 15.0 Å². The second-order valence-electron chi connectivity index (χ2n) is 10.1. The molecule has 1 unspecified atom stereocenters. The Kier molecular flexibility index (Phi) is 7.01. The number of hydrogen-bond donors (Lipinski definition) is 1. The Balaban J connectivity index is 1.55. The zero-order valence-corrected chi connectivity index (χ0v) is 21.9. The maximum Gasteiger partial charge on any atom is 0.252 e. The summed E-state index contributed by atoms with van der Waals surface area (Å²) in [7, 11) is 0.